The topological polar surface area (TPSA) is 93.1 Å². The largest absolute Gasteiger partial charge is 0.481 e. The van der Waals surface area contributed by atoms with E-state index >= 15 is 0 Å². The molecular weight excluding hydrogens is 230 g/mol. The molecule has 7 nitrogen and oxygen atoms in total. The van der Waals surface area contributed by atoms with E-state index in [0.29, 0.717) is 6.61 Å². The van der Waals surface area contributed by atoms with Gasteiger partial charge in [0.15, 0.2) is 6.04 Å². The zero-order chi connectivity index (χ0) is 12.8. The Labute approximate surface area is 98.3 Å². The molecule has 0 spiro atoms. The van der Waals surface area contributed by atoms with Gasteiger partial charge in [-0.15, -0.1) is 0 Å². The van der Waals surface area contributed by atoms with Crippen LogP contribution >= 0.6 is 0 Å². The van der Waals surface area contributed by atoms with Crippen molar-refractivity contribution in [2.45, 2.75) is 18.9 Å². The fourth-order valence-electron chi connectivity index (χ4n) is 1.59. The van der Waals surface area contributed by atoms with Crippen molar-refractivity contribution in [1.82, 2.24) is 4.90 Å². The maximum atomic E-state index is 11.7. The molecule has 7 heteroatoms. The van der Waals surface area contributed by atoms with Gasteiger partial charge < -0.3 is 19.5 Å². The first-order valence-electron chi connectivity index (χ1n) is 5.23. The van der Waals surface area contributed by atoms with Crippen LogP contribution in [0.2, 0.25) is 0 Å². The Balaban J connectivity index is 2.60. The molecule has 1 heterocycles. The monoisotopic (exact) mass is 245 g/mol. The summed E-state index contributed by atoms with van der Waals surface area (Å²) in [6.45, 7) is 0.704. The third-order valence-corrected chi connectivity index (χ3v) is 2.47. The van der Waals surface area contributed by atoms with Crippen molar-refractivity contribution in [2.24, 2.45) is 0 Å². The first kappa shape index (κ1) is 13.4. The maximum absolute atomic E-state index is 11.7. The van der Waals surface area contributed by atoms with Gasteiger partial charge in [0, 0.05) is 13.0 Å². The van der Waals surface area contributed by atoms with Crippen molar-refractivity contribution in [1.29, 1.82) is 0 Å². The average Bonchev–Trinajstić information content (AvgIpc) is 2.34. The van der Waals surface area contributed by atoms with Gasteiger partial charge in [0.05, 0.1) is 26.7 Å². The van der Waals surface area contributed by atoms with Crippen LogP contribution in [0.5, 0.6) is 0 Å². The van der Waals surface area contributed by atoms with Gasteiger partial charge in [-0.2, -0.15) is 0 Å². The molecule has 0 radical (unpaired) electrons. The van der Waals surface area contributed by atoms with Gasteiger partial charge >= 0.3 is 11.9 Å². The molecular formula is C10H15NO6. The van der Waals surface area contributed by atoms with E-state index in [1.165, 1.54) is 12.0 Å². The van der Waals surface area contributed by atoms with Gasteiger partial charge in [-0.1, -0.05) is 0 Å². The molecule has 96 valence electrons. The molecule has 1 atom stereocenters. The number of hydrogen-bond acceptors (Lipinski definition) is 5. The summed E-state index contributed by atoms with van der Waals surface area (Å²) in [5.41, 5.74) is 0. The Morgan fingerprint density at radius 3 is 2.71 bits per heavy atom. The molecule has 1 aliphatic rings. The Kier molecular flexibility index (Phi) is 4.89. The zero-order valence-corrected chi connectivity index (χ0v) is 9.55. The van der Waals surface area contributed by atoms with Crippen molar-refractivity contribution in [3.63, 3.8) is 0 Å². The number of carboxylic acid groups (broad SMARTS) is 1. The second kappa shape index (κ2) is 6.19. The Morgan fingerprint density at radius 1 is 1.41 bits per heavy atom. The number of aliphatic carboxylic acids is 1. The van der Waals surface area contributed by atoms with E-state index in [0.717, 1.165) is 0 Å². The molecule has 0 aromatic rings. The molecule has 1 unspecified atom stereocenters. The van der Waals surface area contributed by atoms with Gasteiger partial charge in [-0.25, -0.2) is 4.79 Å². The van der Waals surface area contributed by atoms with Crippen molar-refractivity contribution < 1.29 is 29.0 Å². The normalized spacial score (nSPS) is 19.8. The van der Waals surface area contributed by atoms with Crippen molar-refractivity contribution in [2.75, 3.05) is 26.9 Å². The van der Waals surface area contributed by atoms with Crippen molar-refractivity contribution >= 4 is 17.8 Å². The second-order valence-electron chi connectivity index (χ2n) is 3.59. The molecule has 0 aromatic carbocycles. The minimum Gasteiger partial charge on any atom is -0.481 e. The number of amides is 1. The summed E-state index contributed by atoms with van der Waals surface area (Å²) in [6.07, 6.45) is -0.368. The van der Waals surface area contributed by atoms with Crippen LogP contribution in [0, 0.1) is 0 Å². The highest BCUT2D eigenvalue weighted by Gasteiger charge is 2.33. The van der Waals surface area contributed by atoms with E-state index in [-0.39, 0.29) is 31.9 Å². The summed E-state index contributed by atoms with van der Waals surface area (Å²) in [4.78, 5) is 34.8. The Morgan fingerprint density at radius 2 is 2.12 bits per heavy atom. The summed E-state index contributed by atoms with van der Waals surface area (Å²) in [5.74, 6) is -1.96. The van der Waals surface area contributed by atoms with E-state index in [4.69, 9.17) is 9.84 Å². The lowest BCUT2D eigenvalue weighted by molar-refractivity contribution is -0.161. The van der Waals surface area contributed by atoms with Gasteiger partial charge in [-0.3, -0.25) is 9.59 Å². The number of carbonyl (C=O) groups is 3. The van der Waals surface area contributed by atoms with Crippen LogP contribution in [-0.2, 0) is 23.9 Å². The number of nitrogens with zero attached hydrogens (tertiary/aromatic N) is 1. The minimum atomic E-state index is -1.04. The third-order valence-electron chi connectivity index (χ3n) is 2.47. The SMILES string of the molecule is COC(=O)C1COCCN1C(=O)CCC(=O)O. The van der Waals surface area contributed by atoms with Crippen LogP contribution in [0.1, 0.15) is 12.8 Å². The van der Waals surface area contributed by atoms with Crippen LogP contribution in [0.25, 0.3) is 0 Å². The second-order valence-corrected chi connectivity index (χ2v) is 3.59. The maximum Gasteiger partial charge on any atom is 0.331 e. The standard InChI is InChI=1S/C10H15NO6/c1-16-10(15)7-6-17-5-4-11(7)8(12)2-3-9(13)14/h7H,2-6H2,1H3,(H,13,14). The highest BCUT2D eigenvalue weighted by atomic mass is 16.5. The lowest BCUT2D eigenvalue weighted by Gasteiger charge is -2.33. The van der Waals surface area contributed by atoms with Crippen molar-refractivity contribution in [3.8, 4) is 0 Å². The third kappa shape index (κ3) is 3.70. The van der Waals surface area contributed by atoms with Crippen LogP contribution in [-0.4, -0.2) is 60.8 Å². The fourth-order valence-corrected chi connectivity index (χ4v) is 1.59. The molecule has 1 saturated heterocycles. The van der Waals surface area contributed by atoms with Crippen LogP contribution in [0.3, 0.4) is 0 Å². The molecule has 1 fully saturated rings. The number of ether oxygens (including phenoxy) is 2. The number of hydrogen-bond donors (Lipinski definition) is 1. The van der Waals surface area contributed by atoms with Crippen LogP contribution in [0.15, 0.2) is 0 Å². The number of carbonyl (C=O) groups excluding carboxylic acids is 2. The first-order chi connectivity index (χ1) is 8.06. The average molecular weight is 245 g/mol. The molecule has 1 rings (SSSR count). The predicted molar refractivity (Wildman–Crippen MR) is 55.2 cm³/mol. The molecule has 1 N–H and O–H groups in total. The van der Waals surface area contributed by atoms with E-state index < -0.39 is 18.0 Å². The van der Waals surface area contributed by atoms with Gasteiger partial charge in [-0.05, 0) is 0 Å². The van der Waals surface area contributed by atoms with Crippen LogP contribution < -0.4 is 0 Å². The van der Waals surface area contributed by atoms with E-state index in [2.05, 4.69) is 4.74 Å². The predicted octanol–water partition coefficient (Wildman–Crippen LogP) is -0.748. The number of carboxylic acids is 1. The highest BCUT2D eigenvalue weighted by Crippen LogP contribution is 2.11. The van der Waals surface area contributed by atoms with Crippen LogP contribution in [0.4, 0.5) is 0 Å². The number of esters is 1. The molecule has 1 amide bonds. The molecule has 0 saturated carbocycles. The molecule has 0 aliphatic carbocycles. The number of rotatable bonds is 4. The van der Waals surface area contributed by atoms with Gasteiger partial charge in [0.1, 0.15) is 0 Å². The summed E-state index contributed by atoms with van der Waals surface area (Å²) in [5, 5.41) is 8.49. The number of methoxy groups -OCH3 is 1. The highest BCUT2D eigenvalue weighted by molar-refractivity contribution is 5.86. The lowest BCUT2D eigenvalue weighted by Crippen LogP contribution is -2.53. The van der Waals surface area contributed by atoms with E-state index in [9.17, 15) is 14.4 Å². The molecule has 0 aromatic heterocycles. The summed E-state index contributed by atoms with van der Waals surface area (Å²) < 4.78 is 9.67. The minimum absolute atomic E-state index is 0.0888. The van der Waals surface area contributed by atoms with Gasteiger partial charge in [0.25, 0.3) is 0 Å². The Bertz CT molecular complexity index is 316. The first-order valence-corrected chi connectivity index (χ1v) is 5.23. The Hall–Kier alpha value is -1.63. The quantitative estimate of drug-likeness (QED) is 0.655. The lowest BCUT2D eigenvalue weighted by atomic mass is 10.2. The zero-order valence-electron chi connectivity index (χ0n) is 9.55. The smallest absolute Gasteiger partial charge is 0.331 e. The summed E-state index contributed by atoms with van der Waals surface area (Å²) in [7, 11) is 1.23. The van der Waals surface area contributed by atoms with Gasteiger partial charge in [0.2, 0.25) is 5.91 Å². The summed E-state index contributed by atoms with van der Waals surface area (Å²) in [6, 6.07) is -0.768. The van der Waals surface area contributed by atoms with Crippen molar-refractivity contribution in [3.05, 3.63) is 0 Å². The fraction of sp³-hybridized carbons (Fsp3) is 0.700. The molecule has 17 heavy (non-hydrogen) atoms. The molecule has 0 bridgehead atoms. The molecule has 1 aliphatic heterocycles. The van der Waals surface area contributed by atoms with E-state index in [1.807, 2.05) is 0 Å². The number of morpholine rings is 1. The summed E-state index contributed by atoms with van der Waals surface area (Å²) >= 11 is 0. The van der Waals surface area contributed by atoms with E-state index in [1.54, 1.807) is 0 Å².